The standard InChI is InChI=1S/C17H27N3O6/c1-4-7(2)12-13(26-17(12)25)15(22)19-10-5-9(10)6-11(16(23)24)20-14(21)8(3)18/h7-13H,4-6,18H2,1-3H3,(H,19,22)(H,20,21)(H,23,24)/t7-,8-,9+,10-,11-,12-,13+/m0/s1. The van der Waals surface area contributed by atoms with Crippen LogP contribution in [0.5, 0.6) is 0 Å². The van der Waals surface area contributed by atoms with Crippen molar-refractivity contribution in [1.29, 1.82) is 0 Å². The molecule has 1 aliphatic carbocycles. The topological polar surface area (TPSA) is 148 Å². The van der Waals surface area contributed by atoms with Crippen LogP contribution in [-0.2, 0) is 23.9 Å². The molecule has 1 saturated heterocycles. The molecule has 146 valence electrons. The van der Waals surface area contributed by atoms with Crippen LogP contribution in [0.25, 0.3) is 0 Å². The van der Waals surface area contributed by atoms with Crippen molar-refractivity contribution in [1.82, 2.24) is 10.6 Å². The molecule has 0 aromatic rings. The van der Waals surface area contributed by atoms with Gasteiger partial charge in [0.25, 0.3) is 5.91 Å². The van der Waals surface area contributed by atoms with Crippen LogP contribution in [-0.4, -0.2) is 53.1 Å². The SMILES string of the molecule is CC[C@H](C)[C@@H]1C(=O)O[C@H]1C(=O)N[C@H]1C[C@@H]1C[C@H](NC(=O)[C@H](C)N)C(=O)O. The summed E-state index contributed by atoms with van der Waals surface area (Å²) in [7, 11) is 0. The van der Waals surface area contributed by atoms with Crippen LogP contribution in [0, 0.1) is 17.8 Å². The summed E-state index contributed by atoms with van der Waals surface area (Å²) in [5.74, 6) is -2.77. The van der Waals surface area contributed by atoms with Crippen molar-refractivity contribution >= 4 is 23.8 Å². The molecule has 0 spiro atoms. The molecule has 9 heteroatoms. The van der Waals surface area contributed by atoms with E-state index < -0.39 is 36.0 Å². The molecule has 1 aliphatic heterocycles. The van der Waals surface area contributed by atoms with E-state index in [4.69, 9.17) is 10.5 Å². The molecule has 9 nitrogen and oxygen atoms in total. The lowest BCUT2D eigenvalue weighted by molar-refractivity contribution is -0.193. The maximum atomic E-state index is 12.3. The first-order chi connectivity index (χ1) is 12.1. The van der Waals surface area contributed by atoms with E-state index in [0.29, 0.717) is 6.42 Å². The largest absolute Gasteiger partial charge is 0.480 e. The van der Waals surface area contributed by atoms with E-state index in [0.717, 1.165) is 6.42 Å². The Morgan fingerprint density at radius 2 is 2.00 bits per heavy atom. The normalized spacial score (nSPS) is 30.2. The van der Waals surface area contributed by atoms with Gasteiger partial charge in [-0.1, -0.05) is 20.3 Å². The highest BCUT2D eigenvalue weighted by Crippen LogP contribution is 2.37. The number of rotatable bonds is 9. The van der Waals surface area contributed by atoms with Crippen molar-refractivity contribution in [3.8, 4) is 0 Å². The molecule has 1 saturated carbocycles. The summed E-state index contributed by atoms with van der Waals surface area (Å²) < 4.78 is 4.98. The quantitative estimate of drug-likeness (QED) is 0.396. The van der Waals surface area contributed by atoms with Crippen LogP contribution in [0.4, 0.5) is 0 Å². The third-order valence-electron chi connectivity index (χ3n) is 5.17. The number of amides is 2. The van der Waals surface area contributed by atoms with Crippen molar-refractivity contribution in [2.45, 2.75) is 64.3 Å². The minimum atomic E-state index is -1.14. The van der Waals surface area contributed by atoms with Crippen LogP contribution in [0.3, 0.4) is 0 Å². The molecule has 26 heavy (non-hydrogen) atoms. The van der Waals surface area contributed by atoms with Crippen molar-refractivity contribution < 1.29 is 29.0 Å². The fraction of sp³-hybridized carbons (Fsp3) is 0.765. The van der Waals surface area contributed by atoms with Crippen molar-refractivity contribution in [3.05, 3.63) is 0 Å². The van der Waals surface area contributed by atoms with E-state index >= 15 is 0 Å². The number of esters is 1. The number of cyclic esters (lactones) is 1. The van der Waals surface area contributed by atoms with Gasteiger partial charge in [0, 0.05) is 6.04 Å². The first-order valence-electron chi connectivity index (χ1n) is 8.95. The van der Waals surface area contributed by atoms with E-state index in [9.17, 15) is 24.3 Å². The lowest BCUT2D eigenvalue weighted by Crippen LogP contribution is -2.56. The van der Waals surface area contributed by atoms with Crippen LogP contribution >= 0.6 is 0 Å². The second-order valence-corrected chi connectivity index (χ2v) is 7.30. The summed E-state index contributed by atoms with van der Waals surface area (Å²) >= 11 is 0. The maximum absolute atomic E-state index is 12.3. The lowest BCUT2D eigenvalue weighted by Gasteiger charge is -2.37. The fourth-order valence-electron chi connectivity index (χ4n) is 3.11. The fourth-order valence-corrected chi connectivity index (χ4v) is 3.11. The molecule has 0 radical (unpaired) electrons. The number of carboxylic acids is 1. The summed E-state index contributed by atoms with van der Waals surface area (Å²) in [6.07, 6.45) is 0.831. The molecule has 1 heterocycles. The number of carbonyl (C=O) groups is 4. The van der Waals surface area contributed by atoms with Gasteiger partial charge in [-0.3, -0.25) is 14.4 Å². The Morgan fingerprint density at radius 1 is 1.35 bits per heavy atom. The Labute approximate surface area is 152 Å². The summed E-state index contributed by atoms with van der Waals surface area (Å²) in [6, 6.07) is -2.01. The number of carboxylic acid groups (broad SMARTS) is 1. The summed E-state index contributed by atoms with van der Waals surface area (Å²) in [6.45, 7) is 5.33. The molecule has 2 rings (SSSR count). The zero-order valence-corrected chi connectivity index (χ0v) is 15.2. The van der Waals surface area contributed by atoms with Gasteiger partial charge >= 0.3 is 11.9 Å². The highest BCUT2D eigenvalue weighted by atomic mass is 16.6. The molecule has 0 aromatic heterocycles. The van der Waals surface area contributed by atoms with Gasteiger partial charge in [-0.15, -0.1) is 0 Å². The van der Waals surface area contributed by atoms with Gasteiger partial charge in [0.05, 0.1) is 6.04 Å². The number of hydrogen-bond donors (Lipinski definition) is 4. The molecule has 0 aromatic carbocycles. The third kappa shape index (κ3) is 4.51. The lowest BCUT2D eigenvalue weighted by atomic mass is 9.83. The first-order valence-corrected chi connectivity index (χ1v) is 8.95. The highest BCUT2D eigenvalue weighted by molar-refractivity contribution is 5.94. The van der Waals surface area contributed by atoms with Gasteiger partial charge in [0.1, 0.15) is 12.0 Å². The molecule has 2 aliphatic rings. The number of nitrogens with one attached hydrogen (secondary N) is 2. The second kappa shape index (κ2) is 8.03. The number of aliphatic carboxylic acids is 1. The Kier molecular flexibility index (Phi) is 6.22. The van der Waals surface area contributed by atoms with Crippen LogP contribution in [0.15, 0.2) is 0 Å². The summed E-state index contributed by atoms with van der Waals surface area (Å²) in [4.78, 5) is 46.8. The minimum Gasteiger partial charge on any atom is -0.480 e. The van der Waals surface area contributed by atoms with Gasteiger partial charge in [0.15, 0.2) is 6.10 Å². The first kappa shape index (κ1) is 20.2. The molecule has 7 atom stereocenters. The number of nitrogens with two attached hydrogens (primary N) is 1. The Bertz CT molecular complexity index is 593. The van der Waals surface area contributed by atoms with Crippen molar-refractivity contribution in [2.24, 2.45) is 23.5 Å². The van der Waals surface area contributed by atoms with E-state index in [-0.39, 0.29) is 36.2 Å². The van der Waals surface area contributed by atoms with Gasteiger partial charge in [-0.25, -0.2) is 4.79 Å². The number of ether oxygens (including phenoxy) is 1. The zero-order valence-electron chi connectivity index (χ0n) is 15.2. The van der Waals surface area contributed by atoms with E-state index in [1.165, 1.54) is 6.92 Å². The van der Waals surface area contributed by atoms with Gasteiger partial charge in [-0.05, 0) is 31.6 Å². The molecule has 0 unspecified atom stereocenters. The van der Waals surface area contributed by atoms with Gasteiger partial charge in [0.2, 0.25) is 5.91 Å². The molecule has 2 fully saturated rings. The molecular formula is C17H27N3O6. The van der Waals surface area contributed by atoms with Gasteiger partial charge in [-0.2, -0.15) is 0 Å². The predicted molar refractivity (Wildman–Crippen MR) is 90.7 cm³/mol. The van der Waals surface area contributed by atoms with Crippen LogP contribution < -0.4 is 16.4 Å². The Morgan fingerprint density at radius 3 is 2.50 bits per heavy atom. The molecule has 0 bridgehead atoms. The average molecular weight is 369 g/mol. The number of carbonyl (C=O) groups excluding carboxylic acids is 3. The average Bonchev–Trinajstić information content (AvgIpc) is 3.28. The van der Waals surface area contributed by atoms with Gasteiger partial charge < -0.3 is 26.2 Å². The summed E-state index contributed by atoms with van der Waals surface area (Å²) in [5, 5.41) is 14.4. The molecular weight excluding hydrogens is 342 g/mol. The number of hydrogen-bond acceptors (Lipinski definition) is 6. The molecule has 5 N–H and O–H groups in total. The van der Waals surface area contributed by atoms with Crippen LogP contribution in [0.1, 0.15) is 40.0 Å². The van der Waals surface area contributed by atoms with Crippen molar-refractivity contribution in [3.63, 3.8) is 0 Å². The van der Waals surface area contributed by atoms with E-state index in [1.807, 2.05) is 13.8 Å². The zero-order chi connectivity index (χ0) is 19.6. The summed E-state index contributed by atoms with van der Waals surface area (Å²) in [5.41, 5.74) is 5.44. The highest BCUT2D eigenvalue weighted by Gasteiger charge is 2.51. The van der Waals surface area contributed by atoms with Crippen molar-refractivity contribution in [2.75, 3.05) is 0 Å². The Hall–Kier alpha value is -2.16. The van der Waals surface area contributed by atoms with E-state index in [1.54, 1.807) is 0 Å². The monoisotopic (exact) mass is 369 g/mol. The maximum Gasteiger partial charge on any atom is 0.326 e. The Balaban J connectivity index is 1.82. The minimum absolute atomic E-state index is 0.0498. The smallest absolute Gasteiger partial charge is 0.326 e. The van der Waals surface area contributed by atoms with E-state index in [2.05, 4.69) is 10.6 Å². The second-order valence-electron chi connectivity index (χ2n) is 7.30. The third-order valence-corrected chi connectivity index (χ3v) is 5.17. The predicted octanol–water partition coefficient (Wildman–Crippen LogP) is -0.614. The van der Waals surface area contributed by atoms with Crippen LogP contribution in [0.2, 0.25) is 0 Å². The molecule has 2 amide bonds.